The van der Waals surface area contributed by atoms with Gasteiger partial charge in [0, 0.05) is 37.6 Å². The SMILES string of the molecule is CCCNC1CCN(Cc2cccnc2)C(C)C1C. The second-order valence-electron chi connectivity index (χ2n) is 5.78. The van der Waals surface area contributed by atoms with Gasteiger partial charge in [0.05, 0.1) is 0 Å². The summed E-state index contributed by atoms with van der Waals surface area (Å²) >= 11 is 0. The van der Waals surface area contributed by atoms with E-state index < -0.39 is 0 Å². The van der Waals surface area contributed by atoms with Crippen LogP contribution in [0.1, 0.15) is 39.2 Å². The Morgan fingerprint density at radius 3 is 2.95 bits per heavy atom. The zero-order chi connectivity index (χ0) is 13.7. The number of likely N-dealkylation sites (tertiary alicyclic amines) is 1. The van der Waals surface area contributed by atoms with Crippen LogP contribution in [0.4, 0.5) is 0 Å². The maximum absolute atomic E-state index is 4.21. The summed E-state index contributed by atoms with van der Waals surface area (Å²) in [5, 5.41) is 3.70. The normalized spacial score (nSPS) is 28.5. The summed E-state index contributed by atoms with van der Waals surface area (Å²) in [6, 6.07) is 5.51. The van der Waals surface area contributed by atoms with Gasteiger partial charge in [0.2, 0.25) is 0 Å². The van der Waals surface area contributed by atoms with Gasteiger partial charge in [-0.05, 0) is 43.9 Å². The number of hydrogen-bond donors (Lipinski definition) is 1. The highest BCUT2D eigenvalue weighted by Crippen LogP contribution is 2.25. The molecule has 2 rings (SSSR count). The molecule has 2 heterocycles. The minimum atomic E-state index is 0.628. The van der Waals surface area contributed by atoms with E-state index in [0.29, 0.717) is 18.0 Å². The van der Waals surface area contributed by atoms with Crippen molar-refractivity contribution in [3.05, 3.63) is 30.1 Å². The summed E-state index contributed by atoms with van der Waals surface area (Å²) in [6.45, 7) is 10.3. The van der Waals surface area contributed by atoms with Gasteiger partial charge >= 0.3 is 0 Å². The Hall–Kier alpha value is -0.930. The number of aromatic nitrogens is 1. The van der Waals surface area contributed by atoms with Crippen LogP contribution >= 0.6 is 0 Å². The fraction of sp³-hybridized carbons (Fsp3) is 0.688. The second-order valence-corrected chi connectivity index (χ2v) is 5.78. The Labute approximate surface area is 117 Å². The second kappa shape index (κ2) is 7.01. The quantitative estimate of drug-likeness (QED) is 0.883. The van der Waals surface area contributed by atoms with Crippen molar-refractivity contribution in [2.75, 3.05) is 13.1 Å². The lowest BCUT2D eigenvalue weighted by atomic mass is 9.86. The number of hydrogen-bond acceptors (Lipinski definition) is 3. The predicted octanol–water partition coefficient (Wildman–Crippen LogP) is 2.68. The first-order valence-electron chi connectivity index (χ1n) is 7.58. The molecule has 0 spiro atoms. The molecule has 3 heteroatoms. The first-order valence-corrected chi connectivity index (χ1v) is 7.58. The van der Waals surface area contributed by atoms with E-state index in [2.05, 4.69) is 42.0 Å². The molecule has 0 aromatic carbocycles. The Kier molecular flexibility index (Phi) is 5.34. The van der Waals surface area contributed by atoms with Crippen LogP contribution in [0.2, 0.25) is 0 Å². The summed E-state index contributed by atoms with van der Waals surface area (Å²) in [4.78, 5) is 6.80. The van der Waals surface area contributed by atoms with Crippen molar-refractivity contribution in [3.63, 3.8) is 0 Å². The van der Waals surface area contributed by atoms with Gasteiger partial charge in [0.15, 0.2) is 0 Å². The highest BCUT2D eigenvalue weighted by molar-refractivity contribution is 5.09. The van der Waals surface area contributed by atoms with E-state index >= 15 is 0 Å². The molecule has 106 valence electrons. The maximum atomic E-state index is 4.21. The van der Waals surface area contributed by atoms with E-state index in [1.807, 2.05) is 18.5 Å². The molecule has 3 unspecified atom stereocenters. The van der Waals surface area contributed by atoms with Gasteiger partial charge in [0.25, 0.3) is 0 Å². The van der Waals surface area contributed by atoms with Crippen molar-refractivity contribution in [1.29, 1.82) is 0 Å². The topological polar surface area (TPSA) is 28.2 Å². The Bertz CT molecular complexity index is 366. The smallest absolute Gasteiger partial charge is 0.0312 e. The molecule has 0 radical (unpaired) electrons. The van der Waals surface area contributed by atoms with Gasteiger partial charge in [-0.15, -0.1) is 0 Å². The van der Waals surface area contributed by atoms with Crippen molar-refractivity contribution in [2.45, 2.75) is 52.2 Å². The molecular weight excluding hydrogens is 234 g/mol. The molecule has 1 N–H and O–H groups in total. The van der Waals surface area contributed by atoms with Gasteiger partial charge in [-0.1, -0.05) is 19.9 Å². The molecule has 1 aliphatic heterocycles. The van der Waals surface area contributed by atoms with Crippen LogP contribution < -0.4 is 5.32 Å². The monoisotopic (exact) mass is 261 g/mol. The van der Waals surface area contributed by atoms with Crippen LogP contribution in [-0.2, 0) is 6.54 Å². The average Bonchev–Trinajstić information content (AvgIpc) is 2.44. The first kappa shape index (κ1) is 14.5. The lowest BCUT2D eigenvalue weighted by Gasteiger charge is -2.43. The molecule has 1 aliphatic rings. The minimum Gasteiger partial charge on any atom is -0.314 e. The maximum Gasteiger partial charge on any atom is 0.0312 e. The molecule has 0 amide bonds. The first-order chi connectivity index (χ1) is 9.22. The molecule has 1 aromatic rings. The van der Waals surface area contributed by atoms with Gasteiger partial charge in [0.1, 0.15) is 0 Å². The summed E-state index contributed by atoms with van der Waals surface area (Å²) < 4.78 is 0. The van der Waals surface area contributed by atoms with Gasteiger partial charge in [-0.25, -0.2) is 0 Å². The summed E-state index contributed by atoms with van der Waals surface area (Å²) in [6.07, 6.45) is 6.30. The molecule has 1 fully saturated rings. The largest absolute Gasteiger partial charge is 0.314 e. The van der Waals surface area contributed by atoms with Crippen LogP contribution in [0.15, 0.2) is 24.5 Å². The van der Waals surface area contributed by atoms with E-state index in [0.717, 1.165) is 13.1 Å². The third kappa shape index (κ3) is 3.77. The summed E-state index contributed by atoms with van der Waals surface area (Å²) in [5.74, 6) is 0.706. The molecule has 0 aliphatic carbocycles. The van der Waals surface area contributed by atoms with Crippen LogP contribution in [0, 0.1) is 5.92 Å². The fourth-order valence-electron chi connectivity index (χ4n) is 3.01. The number of pyridine rings is 1. The van der Waals surface area contributed by atoms with E-state index in [1.54, 1.807) is 0 Å². The molecule has 0 saturated carbocycles. The van der Waals surface area contributed by atoms with Crippen LogP contribution in [0.5, 0.6) is 0 Å². The van der Waals surface area contributed by atoms with E-state index in [9.17, 15) is 0 Å². The molecule has 1 aromatic heterocycles. The third-order valence-corrected chi connectivity index (χ3v) is 4.46. The molecular formula is C16H27N3. The molecule has 1 saturated heterocycles. The van der Waals surface area contributed by atoms with E-state index in [-0.39, 0.29) is 0 Å². The van der Waals surface area contributed by atoms with Gasteiger partial charge < -0.3 is 5.32 Å². The lowest BCUT2D eigenvalue weighted by Crippen LogP contribution is -2.53. The van der Waals surface area contributed by atoms with Crippen LogP contribution in [0.3, 0.4) is 0 Å². The molecule has 3 nitrogen and oxygen atoms in total. The molecule has 0 bridgehead atoms. The summed E-state index contributed by atoms with van der Waals surface area (Å²) in [5.41, 5.74) is 1.32. The Morgan fingerprint density at radius 2 is 2.26 bits per heavy atom. The fourth-order valence-corrected chi connectivity index (χ4v) is 3.01. The number of rotatable bonds is 5. The number of piperidine rings is 1. The Balaban J connectivity index is 1.91. The van der Waals surface area contributed by atoms with Crippen LogP contribution in [-0.4, -0.2) is 35.1 Å². The van der Waals surface area contributed by atoms with Crippen LogP contribution in [0.25, 0.3) is 0 Å². The standard InChI is InChI=1S/C16H27N3/c1-4-8-18-16-7-10-19(14(3)13(16)2)12-15-6-5-9-17-11-15/h5-6,9,11,13-14,16,18H,4,7-8,10,12H2,1-3H3. The Morgan fingerprint density at radius 1 is 1.42 bits per heavy atom. The van der Waals surface area contributed by atoms with Crippen molar-refractivity contribution in [3.8, 4) is 0 Å². The number of nitrogens with zero attached hydrogens (tertiary/aromatic N) is 2. The highest BCUT2D eigenvalue weighted by atomic mass is 15.2. The highest BCUT2D eigenvalue weighted by Gasteiger charge is 2.31. The van der Waals surface area contributed by atoms with Gasteiger partial charge in [-0.2, -0.15) is 0 Å². The van der Waals surface area contributed by atoms with Crippen molar-refractivity contribution in [1.82, 2.24) is 15.2 Å². The van der Waals surface area contributed by atoms with Crippen molar-refractivity contribution in [2.24, 2.45) is 5.92 Å². The minimum absolute atomic E-state index is 0.628. The molecule has 3 atom stereocenters. The lowest BCUT2D eigenvalue weighted by molar-refractivity contribution is 0.0784. The summed E-state index contributed by atoms with van der Waals surface area (Å²) in [7, 11) is 0. The van der Waals surface area contributed by atoms with Crippen molar-refractivity contribution >= 4 is 0 Å². The predicted molar refractivity (Wildman–Crippen MR) is 80.0 cm³/mol. The van der Waals surface area contributed by atoms with Crippen molar-refractivity contribution < 1.29 is 0 Å². The third-order valence-electron chi connectivity index (χ3n) is 4.46. The molecule has 19 heavy (non-hydrogen) atoms. The average molecular weight is 261 g/mol. The number of nitrogens with one attached hydrogen (secondary N) is 1. The zero-order valence-corrected chi connectivity index (χ0v) is 12.5. The van der Waals surface area contributed by atoms with Gasteiger partial charge in [-0.3, -0.25) is 9.88 Å². The van der Waals surface area contributed by atoms with E-state index in [4.69, 9.17) is 0 Å². The van der Waals surface area contributed by atoms with E-state index in [1.165, 1.54) is 24.9 Å². The zero-order valence-electron chi connectivity index (χ0n) is 12.5.